The van der Waals surface area contributed by atoms with Gasteiger partial charge in [-0.1, -0.05) is 19.3 Å². The number of hydrogen-bond acceptors (Lipinski definition) is 2. The molecule has 84 valence electrons. The van der Waals surface area contributed by atoms with Crippen molar-refractivity contribution in [2.24, 2.45) is 5.41 Å². The molecule has 0 bridgehead atoms. The maximum Gasteiger partial charge on any atom is 0.234 e. The van der Waals surface area contributed by atoms with Crippen molar-refractivity contribution in [1.82, 2.24) is 10.6 Å². The number of carbonyl (C=O) groups is 1. The molecule has 2 N–H and O–H groups in total. The summed E-state index contributed by atoms with van der Waals surface area (Å²) < 4.78 is 0. The lowest BCUT2D eigenvalue weighted by Crippen LogP contribution is -2.44. The molecule has 0 unspecified atom stereocenters. The van der Waals surface area contributed by atoms with Gasteiger partial charge in [0.2, 0.25) is 5.91 Å². The SMILES string of the molecule is C#CCNCC(=O)NCC1(CC)CCC1. The summed E-state index contributed by atoms with van der Waals surface area (Å²) in [5.41, 5.74) is 0.391. The summed E-state index contributed by atoms with van der Waals surface area (Å²) in [6.07, 6.45) is 10.0. The predicted molar refractivity (Wildman–Crippen MR) is 61.3 cm³/mol. The molecule has 0 atom stereocenters. The van der Waals surface area contributed by atoms with Crippen LogP contribution in [-0.2, 0) is 4.79 Å². The van der Waals surface area contributed by atoms with Gasteiger partial charge in [0.1, 0.15) is 0 Å². The van der Waals surface area contributed by atoms with Crippen molar-refractivity contribution in [3.05, 3.63) is 0 Å². The zero-order chi connectivity index (χ0) is 11.1. The number of rotatable bonds is 6. The van der Waals surface area contributed by atoms with E-state index in [0.717, 1.165) is 13.0 Å². The Morgan fingerprint density at radius 1 is 1.53 bits per heavy atom. The van der Waals surface area contributed by atoms with Crippen molar-refractivity contribution < 1.29 is 4.79 Å². The van der Waals surface area contributed by atoms with E-state index < -0.39 is 0 Å². The molecule has 0 heterocycles. The summed E-state index contributed by atoms with van der Waals surface area (Å²) in [7, 11) is 0. The smallest absolute Gasteiger partial charge is 0.234 e. The molecule has 0 saturated heterocycles. The van der Waals surface area contributed by atoms with Gasteiger partial charge in [-0.3, -0.25) is 10.1 Å². The van der Waals surface area contributed by atoms with E-state index in [2.05, 4.69) is 23.5 Å². The highest BCUT2D eigenvalue weighted by atomic mass is 16.1. The van der Waals surface area contributed by atoms with Crippen LogP contribution in [0.1, 0.15) is 32.6 Å². The zero-order valence-electron chi connectivity index (χ0n) is 9.44. The predicted octanol–water partition coefficient (Wildman–Crippen LogP) is 0.906. The molecular formula is C12H20N2O. The van der Waals surface area contributed by atoms with E-state index in [1.165, 1.54) is 19.3 Å². The molecule has 0 aliphatic heterocycles. The minimum absolute atomic E-state index is 0.0463. The van der Waals surface area contributed by atoms with E-state index in [1.807, 2.05) is 0 Å². The van der Waals surface area contributed by atoms with Crippen molar-refractivity contribution in [1.29, 1.82) is 0 Å². The topological polar surface area (TPSA) is 41.1 Å². The highest BCUT2D eigenvalue weighted by Crippen LogP contribution is 2.42. The Bertz CT molecular complexity index is 245. The molecule has 0 aromatic carbocycles. The van der Waals surface area contributed by atoms with Gasteiger partial charge in [0.25, 0.3) is 0 Å². The van der Waals surface area contributed by atoms with E-state index >= 15 is 0 Å². The van der Waals surface area contributed by atoms with Gasteiger partial charge in [0.15, 0.2) is 0 Å². The average molecular weight is 208 g/mol. The first-order chi connectivity index (χ1) is 7.22. The first-order valence-corrected chi connectivity index (χ1v) is 5.63. The largest absolute Gasteiger partial charge is 0.354 e. The van der Waals surface area contributed by atoms with Crippen LogP contribution in [0.5, 0.6) is 0 Å². The lowest BCUT2D eigenvalue weighted by atomic mass is 9.67. The first kappa shape index (κ1) is 12.1. The third kappa shape index (κ3) is 3.56. The van der Waals surface area contributed by atoms with Crippen LogP contribution in [0.3, 0.4) is 0 Å². The van der Waals surface area contributed by atoms with Crippen LogP contribution in [0.25, 0.3) is 0 Å². The molecular weight excluding hydrogens is 188 g/mol. The van der Waals surface area contributed by atoms with Crippen LogP contribution >= 0.6 is 0 Å². The molecule has 15 heavy (non-hydrogen) atoms. The van der Waals surface area contributed by atoms with E-state index in [-0.39, 0.29) is 5.91 Å². The van der Waals surface area contributed by atoms with Gasteiger partial charge in [0, 0.05) is 6.54 Å². The van der Waals surface area contributed by atoms with Gasteiger partial charge in [0.05, 0.1) is 13.1 Å². The molecule has 0 aromatic rings. The quantitative estimate of drug-likeness (QED) is 0.503. The molecule has 3 nitrogen and oxygen atoms in total. The van der Waals surface area contributed by atoms with Crippen LogP contribution in [0, 0.1) is 17.8 Å². The minimum atomic E-state index is 0.0463. The van der Waals surface area contributed by atoms with Gasteiger partial charge in [-0.05, 0) is 24.7 Å². The van der Waals surface area contributed by atoms with Crippen molar-refractivity contribution in [2.75, 3.05) is 19.6 Å². The van der Waals surface area contributed by atoms with Crippen LogP contribution in [0.2, 0.25) is 0 Å². The molecule has 0 aromatic heterocycles. The summed E-state index contributed by atoms with van der Waals surface area (Å²) in [5, 5.41) is 5.84. The number of amides is 1. The molecule has 0 spiro atoms. The van der Waals surface area contributed by atoms with Crippen molar-refractivity contribution in [2.45, 2.75) is 32.6 Å². The van der Waals surface area contributed by atoms with E-state index in [0.29, 0.717) is 18.5 Å². The third-order valence-corrected chi connectivity index (χ3v) is 3.34. The van der Waals surface area contributed by atoms with Crippen LogP contribution < -0.4 is 10.6 Å². The minimum Gasteiger partial charge on any atom is -0.354 e. The van der Waals surface area contributed by atoms with E-state index in [1.54, 1.807) is 0 Å². The number of terminal acetylenes is 1. The molecule has 1 rings (SSSR count). The second kappa shape index (κ2) is 5.77. The standard InChI is InChI=1S/C12H20N2O/c1-3-8-13-9-11(15)14-10-12(4-2)6-5-7-12/h1,13H,4-10H2,2H3,(H,14,15). The maximum atomic E-state index is 11.4. The van der Waals surface area contributed by atoms with Gasteiger partial charge in [-0.2, -0.15) is 0 Å². The fourth-order valence-electron chi connectivity index (χ4n) is 1.93. The number of hydrogen-bond donors (Lipinski definition) is 2. The third-order valence-electron chi connectivity index (χ3n) is 3.34. The summed E-state index contributed by atoms with van der Waals surface area (Å²) in [6, 6.07) is 0. The Kier molecular flexibility index (Phi) is 4.64. The van der Waals surface area contributed by atoms with Gasteiger partial charge >= 0.3 is 0 Å². The molecule has 1 fully saturated rings. The summed E-state index contributed by atoms with van der Waals surface area (Å²) in [4.78, 5) is 11.4. The lowest BCUT2D eigenvalue weighted by Gasteiger charge is -2.41. The second-order valence-electron chi connectivity index (χ2n) is 4.29. The molecule has 1 amide bonds. The van der Waals surface area contributed by atoms with Crippen LogP contribution in [0.4, 0.5) is 0 Å². The second-order valence-corrected chi connectivity index (χ2v) is 4.29. The summed E-state index contributed by atoms with van der Waals surface area (Å²) >= 11 is 0. The number of carbonyl (C=O) groups excluding carboxylic acids is 1. The van der Waals surface area contributed by atoms with E-state index in [4.69, 9.17) is 6.42 Å². The Hall–Kier alpha value is -1.01. The summed E-state index contributed by atoms with van der Waals surface area (Å²) in [6.45, 7) is 3.79. The highest BCUT2D eigenvalue weighted by molar-refractivity contribution is 5.78. The Labute approximate surface area is 92.0 Å². The Morgan fingerprint density at radius 3 is 2.73 bits per heavy atom. The van der Waals surface area contributed by atoms with Crippen molar-refractivity contribution in [3.8, 4) is 12.3 Å². The van der Waals surface area contributed by atoms with Crippen LogP contribution in [0.15, 0.2) is 0 Å². The Morgan fingerprint density at radius 2 is 2.27 bits per heavy atom. The lowest BCUT2D eigenvalue weighted by molar-refractivity contribution is -0.121. The zero-order valence-corrected chi connectivity index (χ0v) is 9.44. The van der Waals surface area contributed by atoms with E-state index in [9.17, 15) is 4.79 Å². The van der Waals surface area contributed by atoms with Gasteiger partial charge < -0.3 is 5.32 Å². The van der Waals surface area contributed by atoms with Crippen molar-refractivity contribution >= 4 is 5.91 Å². The number of nitrogens with one attached hydrogen (secondary N) is 2. The van der Waals surface area contributed by atoms with Crippen LogP contribution in [-0.4, -0.2) is 25.5 Å². The average Bonchev–Trinajstić information content (AvgIpc) is 2.17. The summed E-state index contributed by atoms with van der Waals surface area (Å²) in [5.74, 6) is 2.48. The molecule has 1 aliphatic carbocycles. The molecule has 3 heteroatoms. The molecule has 1 aliphatic rings. The molecule has 0 radical (unpaired) electrons. The van der Waals surface area contributed by atoms with Gasteiger partial charge in [-0.25, -0.2) is 0 Å². The van der Waals surface area contributed by atoms with Gasteiger partial charge in [-0.15, -0.1) is 6.42 Å². The fraction of sp³-hybridized carbons (Fsp3) is 0.750. The fourth-order valence-corrected chi connectivity index (χ4v) is 1.93. The highest BCUT2D eigenvalue weighted by Gasteiger charge is 2.34. The van der Waals surface area contributed by atoms with Crippen molar-refractivity contribution in [3.63, 3.8) is 0 Å². The maximum absolute atomic E-state index is 11.4. The molecule has 1 saturated carbocycles. The first-order valence-electron chi connectivity index (χ1n) is 5.63. The normalized spacial score (nSPS) is 17.6. The Balaban J connectivity index is 2.13. The monoisotopic (exact) mass is 208 g/mol.